The summed E-state index contributed by atoms with van der Waals surface area (Å²) in [5, 5.41) is 21.7. The van der Waals surface area contributed by atoms with E-state index in [1.54, 1.807) is 5.10 Å². The van der Waals surface area contributed by atoms with Gasteiger partial charge in [-0.1, -0.05) is 11.6 Å². The largest absolute Gasteiger partial charge is 0.451 e. The van der Waals surface area contributed by atoms with Crippen molar-refractivity contribution in [3.63, 3.8) is 0 Å². The van der Waals surface area contributed by atoms with Gasteiger partial charge in [-0.15, -0.1) is 16.9 Å². The number of nitrogens with zero attached hydrogens (tertiary/aromatic N) is 5. The lowest BCUT2D eigenvalue weighted by Crippen LogP contribution is -2.21. The maximum atomic E-state index is 13.3. The van der Waals surface area contributed by atoms with Crippen molar-refractivity contribution in [2.75, 3.05) is 5.75 Å². The number of hydroxylamine groups is 1. The standard InChI is InChI=1S/C16H12ClF4N7O3S/c17-8-6-7(3-4-9(8)18)22-13(26-30)11-14(28-31-27-11)32-5-1-2-10(29)12-23-15(25-24-12)16(19,20)21/h3-4,6,30H,1-2,5H2,(H,22,26)(H,23,24,25). The Balaban J connectivity index is 1.59. The molecule has 3 N–H and O–H groups in total. The second-order valence-electron chi connectivity index (χ2n) is 5.97. The van der Waals surface area contributed by atoms with Gasteiger partial charge in [-0.2, -0.15) is 13.2 Å². The van der Waals surface area contributed by atoms with Crippen LogP contribution in [0.25, 0.3) is 0 Å². The van der Waals surface area contributed by atoms with Crippen LogP contribution in [0.4, 0.5) is 23.2 Å². The summed E-state index contributed by atoms with van der Waals surface area (Å²) in [4.78, 5) is 19.2. The third kappa shape index (κ3) is 5.80. The molecule has 0 saturated heterocycles. The van der Waals surface area contributed by atoms with E-state index in [4.69, 9.17) is 11.6 Å². The van der Waals surface area contributed by atoms with Crippen LogP contribution in [0.3, 0.4) is 0 Å². The van der Waals surface area contributed by atoms with Gasteiger partial charge in [-0.3, -0.25) is 20.6 Å². The molecule has 0 unspecified atom stereocenters. The molecule has 32 heavy (non-hydrogen) atoms. The Labute approximate surface area is 185 Å². The highest BCUT2D eigenvalue weighted by molar-refractivity contribution is 7.99. The van der Waals surface area contributed by atoms with E-state index < -0.39 is 29.4 Å². The molecule has 0 atom stereocenters. The Morgan fingerprint density at radius 1 is 1.34 bits per heavy atom. The number of nitrogens with one attached hydrogen (secondary N) is 2. The van der Waals surface area contributed by atoms with Gasteiger partial charge in [0, 0.05) is 12.2 Å². The van der Waals surface area contributed by atoms with Crippen LogP contribution < -0.4 is 5.48 Å². The van der Waals surface area contributed by atoms with Gasteiger partial charge in [-0.05, 0) is 34.9 Å². The summed E-state index contributed by atoms with van der Waals surface area (Å²) in [7, 11) is 0. The first-order valence-corrected chi connectivity index (χ1v) is 9.97. The van der Waals surface area contributed by atoms with Crippen molar-refractivity contribution in [3.8, 4) is 0 Å². The van der Waals surface area contributed by atoms with E-state index in [2.05, 4.69) is 30.0 Å². The first-order valence-electron chi connectivity index (χ1n) is 8.61. The Morgan fingerprint density at radius 3 is 2.78 bits per heavy atom. The van der Waals surface area contributed by atoms with E-state index in [0.29, 0.717) is 5.75 Å². The van der Waals surface area contributed by atoms with Crippen LogP contribution in [0.15, 0.2) is 32.8 Å². The van der Waals surface area contributed by atoms with E-state index in [1.165, 1.54) is 12.1 Å². The number of hydrogen-bond donors (Lipinski definition) is 3. The van der Waals surface area contributed by atoms with Crippen LogP contribution in [0.5, 0.6) is 0 Å². The van der Waals surface area contributed by atoms with Gasteiger partial charge in [0.05, 0.1) is 10.7 Å². The Bertz CT molecular complexity index is 1140. The highest BCUT2D eigenvalue weighted by atomic mass is 35.5. The number of aliphatic imine (C=N–C) groups is 1. The molecular formula is C16H12ClF4N7O3S. The number of aromatic nitrogens is 5. The molecule has 2 heterocycles. The number of ketones is 1. The van der Waals surface area contributed by atoms with Gasteiger partial charge in [0.15, 0.2) is 16.6 Å². The van der Waals surface area contributed by atoms with Gasteiger partial charge >= 0.3 is 6.18 Å². The first kappa shape index (κ1) is 23.6. The van der Waals surface area contributed by atoms with Crippen molar-refractivity contribution in [1.29, 1.82) is 0 Å². The van der Waals surface area contributed by atoms with Crippen molar-refractivity contribution in [3.05, 3.63) is 46.4 Å². The molecule has 0 bridgehead atoms. The lowest BCUT2D eigenvalue weighted by Gasteiger charge is -2.04. The number of halogens is 5. The fourth-order valence-corrected chi connectivity index (χ4v) is 3.27. The van der Waals surface area contributed by atoms with Crippen molar-refractivity contribution in [2.45, 2.75) is 24.0 Å². The van der Waals surface area contributed by atoms with E-state index in [0.717, 1.165) is 17.8 Å². The van der Waals surface area contributed by atoms with E-state index in [-0.39, 0.29) is 40.1 Å². The number of amidine groups is 1. The number of benzene rings is 1. The molecule has 0 fully saturated rings. The number of thioether (sulfide) groups is 1. The van der Waals surface area contributed by atoms with Crippen LogP contribution in [0, 0.1) is 5.82 Å². The molecule has 170 valence electrons. The van der Waals surface area contributed by atoms with Gasteiger partial charge in [0.1, 0.15) is 5.82 Å². The molecule has 3 rings (SSSR count). The molecule has 16 heteroatoms. The fourth-order valence-electron chi connectivity index (χ4n) is 2.26. The van der Waals surface area contributed by atoms with E-state index in [9.17, 15) is 27.6 Å². The highest BCUT2D eigenvalue weighted by Crippen LogP contribution is 2.26. The van der Waals surface area contributed by atoms with Crippen LogP contribution in [-0.4, -0.2) is 48.1 Å². The average Bonchev–Trinajstić information content (AvgIpc) is 3.41. The van der Waals surface area contributed by atoms with Crippen LogP contribution >= 0.6 is 23.4 Å². The van der Waals surface area contributed by atoms with Crippen LogP contribution in [0.2, 0.25) is 5.02 Å². The van der Waals surface area contributed by atoms with E-state index in [1.807, 2.05) is 5.48 Å². The highest BCUT2D eigenvalue weighted by Gasteiger charge is 2.35. The van der Waals surface area contributed by atoms with Gasteiger partial charge in [0.25, 0.3) is 0 Å². The van der Waals surface area contributed by atoms with Crippen LogP contribution in [0.1, 0.15) is 35.0 Å². The minimum absolute atomic E-state index is 0.0352. The first-order chi connectivity index (χ1) is 15.2. The number of carbonyl (C=O) groups is 1. The molecular weight excluding hydrogens is 482 g/mol. The molecule has 10 nitrogen and oxygen atoms in total. The predicted octanol–water partition coefficient (Wildman–Crippen LogP) is 3.81. The predicted molar refractivity (Wildman–Crippen MR) is 103 cm³/mol. The number of Topliss-reactive ketones (excluding diaryl/α,β-unsaturated/α-hetero) is 1. The number of hydrogen-bond acceptors (Lipinski definition) is 9. The van der Waals surface area contributed by atoms with Crippen molar-refractivity contribution in [2.24, 2.45) is 4.99 Å². The minimum Gasteiger partial charge on any atom is -0.291 e. The number of aromatic amines is 1. The summed E-state index contributed by atoms with van der Waals surface area (Å²) in [6.45, 7) is 0. The molecule has 0 saturated carbocycles. The number of H-pyrrole nitrogens is 1. The smallest absolute Gasteiger partial charge is 0.291 e. The van der Waals surface area contributed by atoms with Gasteiger partial charge < -0.3 is 0 Å². The van der Waals surface area contributed by atoms with Crippen molar-refractivity contribution < 1.29 is 32.2 Å². The summed E-state index contributed by atoms with van der Waals surface area (Å²) in [6, 6.07) is 3.64. The summed E-state index contributed by atoms with van der Waals surface area (Å²) in [6.07, 6.45) is -4.59. The zero-order valence-corrected chi connectivity index (χ0v) is 17.2. The third-order valence-corrected chi connectivity index (χ3v) is 5.05. The maximum Gasteiger partial charge on any atom is 0.451 e. The Kier molecular flexibility index (Phi) is 7.42. The normalized spacial score (nSPS) is 12.2. The molecule has 0 radical (unpaired) electrons. The molecule has 2 aromatic heterocycles. The minimum atomic E-state index is -4.73. The molecule has 0 aliphatic carbocycles. The topological polar surface area (TPSA) is 142 Å². The molecule has 0 aliphatic heterocycles. The monoisotopic (exact) mass is 493 g/mol. The molecule has 0 amide bonds. The molecule has 1 aromatic carbocycles. The lowest BCUT2D eigenvalue weighted by atomic mass is 10.2. The summed E-state index contributed by atoms with van der Waals surface area (Å²) >= 11 is 6.80. The molecule has 0 spiro atoms. The Hall–Kier alpha value is -3.04. The lowest BCUT2D eigenvalue weighted by molar-refractivity contribution is -0.144. The Morgan fingerprint density at radius 2 is 2.12 bits per heavy atom. The second kappa shape index (κ2) is 10.1. The SMILES string of the molecule is O=C(CCCSc1nonc1C(=Nc1ccc(F)c(Cl)c1)NO)c1n[nH]c(C(F)(F)F)n1. The van der Waals surface area contributed by atoms with Crippen LogP contribution in [-0.2, 0) is 6.18 Å². The number of rotatable bonds is 8. The molecule has 0 aliphatic rings. The maximum absolute atomic E-state index is 13.3. The molecule has 3 aromatic rings. The zero-order valence-electron chi connectivity index (χ0n) is 15.7. The summed E-state index contributed by atoms with van der Waals surface area (Å²) in [5.74, 6) is -3.07. The van der Waals surface area contributed by atoms with Crippen molar-refractivity contribution >= 4 is 40.7 Å². The number of carbonyl (C=O) groups excluding carboxylic acids is 1. The fraction of sp³-hybridized carbons (Fsp3) is 0.250. The van der Waals surface area contributed by atoms with E-state index >= 15 is 0 Å². The summed E-state index contributed by atoms with van der Waals surface area (Å²) < 4.78 is 55.5. The second-order valence-corrected chi connectivity index (χ2v) is 7.46. The van der Waals surface area contributed by atoms with Gasteiger partial charge in [0.2, 0.25) is 17.4 Å². The summed E-state index contributed by atoms with van der Waals surface area (Å²) in [5.41, 5.74) is 2.09. The number of alkyl halides is 3. The quantitative estimate of drug-likeness (QED) is 0.0811. The van der Waals surface area contributed by atoms with Gasteiger partial charge in [-0.25, -0.2) is 19.0 Å². The average molecular weight is 494 g/mol. The van der Waals surface area contributed by atoms with Crippen molar-refractivity contribution in [1.82, 2.24) is 31.0 Å². The zero-order chi connectivity index (χ0) is 23.3. The third-order valence-electron chi connectivity index (χ3n) is 3.72.